The van der Waals surface area contributed by atoms with Crippen molar-refractivity contribution < 1.29 is 9.59 Å². The monoisotopic (exact) mass is 476 g/mol. The van der Waals surface area contributed by atoms with Crippen LogP contribution in [0.5, 0.6) is 0 Å². The fourth-order valence-electron chi connectivity index (χ4n) is 3.73. The van der Waals surface area contributed by atoms with E-state index < -0.39 is 5.91 Å². The number of rotatable bonds is 6. The van der Waals surface area contributed by atoms with E-state index in [1.165, 1.54) is 28.6 Å². The minimum absolute atomic E-state index is 0.182. The van der Waals surface area contributed by atoms with E-state index in [2.05, 4.69) is 15.0 Å². The molecule has 1 aliphatic heterocycles. The lowest BCUT2D eigenvalue weighted by molar-refractivity contribution is -0.133. The number of hydrogen-bond donors (Lipinski definition) is 2. The van der Waals surface area contributed by atoms with Crippen LogP contribution in [-0.4, -0.2) is 47.3 Å². The number of halogens is 2. The van der Waals surface area contributed by atoms with Gasteiger partial charge >= 0.3 is 0 Å². The van der Waals surface area contributed by atoms with Crippen LogP contribution in [0.3, 0.4) is 0 Å². The van der Waals surface area contributed by atoms with Gasteiger partial charge in [-0.05, 0) is 61.3 Å². The van der Waals surface area contributed by atoms with Crippen LogP contribution < -0.4 is 10.6 Å². The number of fused-ring (bicyclic) bond motifs is 1. The largest absolute Gasteiger partial charge is 0.367 e. The van der Waals surface area contributed by atoms with Gasteiger partial charge < -0.3 is 10.6 Å². The summed E-state index contributed by atoms with van der Waals surface area (Å²) in [6, 6.07) is 12.6. The zero-order valence-corrected chi connectivity index (χ0v) is 19.1. The molecule has 0 bridgehead atoms. The molecule has 9 heteroatoms. The zero-order chi connectivity index (χ0) is 21.8. The summed E-state index contributed by atoms with van der Waals surface area (Å²) < 4.78 is 5.53. The molecular weight excluding hydrogens is 455 g/mol. The van der Waals surface area contributed by atoms with Crippen LogP contribution >= 0.6 is 34.7 Å². The van der Waals surface area contributed by atoms with Crippen LogP contribution in [0.25, 0.3) is 10.1 Å². The Kier molecular flexibility index (Phi) is 7.07. The Morgan fingerprint density at radius 1 is 1.19 bits per heavy atom. The fraction of sp³-hybridized carbons (Fsp3) is 0.318. The van der Waals surface area contributed by atoms with E-state index >= 15 is 0 Å². The topological polar surface area (TPSA) is 74.3 Å². The number of carbonyl (C=O) groups excluding carboxylic acids is 2. The Bertz CT molecular complexity index is 1080. The molecule has 0 aliphatic carbocycles. The van der Waals surface area contributed by atoms with Gasteiger partial charge in [-0.15, -0.1) is 0 Å². The molecule has 1 atom stereocenters. The number of hydrogen-bond acceptors (Lipinski definition) is 6. The number of benzene rings is 2. The highest BCUT2D eigenvalue weighted by Gasteiger charge is 2.30. The van der Waals surface area contributed by atoms with Crippen LogP contribution in [0, 0.1) is 5.92 Å². The second kappa shape index (κ2) is 9.96. The van der Waals surface area contributed by atoms with Gasteiger partial charge in [-0.25, -0.2) is 0 Å². The molecule has 6 nitrogen and oxygen atoms in total. The van der Waals surface area contributed by atoms with Gasteiger partial charge in [-0.3, -0.25) is 14.5 Å². The van der Waals surface area contributed by atoms with Crippen molar-refractivity contribution in [3.05, 3.63) is 58.1 Å². The Labute approximate surface area is 194 Å². The normalized spacial score (nSPS) is 16.3. The van der Waals surface area contributed by atoms with Gasteiger partial charge in [-0.2, -0.15) is 4.37 Å². The van der Waals surface area contributed by atoms with E-state index in [0.29, 0.717) is 28.7 Å². The molecule has 1 unspecified atom stereocenters. The summed E-state index contributed by atoms with van der Waals surface area (Å²) in [6.07, 6.45) is 1.67. The number of imide groups is 1. The van der Waals surface area contributed by atoms with Gasteiger partial charge in [0.1, 0.15) is 5.82 Å². The molecule has 1 saturated heterocycles. The molecule has 0 radical (unpaired) electrons. The lowest BCUT2D eigenvalue weighted by Gasteiger charge is -2.28. The minimum Gasteiger partial charge on any atom is -0.367 e. The maximum Gasteiger partial charge on any atom is 0.260 e. The fourth-order valence-corrected chi connectivity index (χ4v) is 5.01. The summed E-state index contributed by atoms with van der Waals surface area (Å²) in [5.41, 5.74) is 0.300. The number of nitrogens with zero attached hydrogens (tertiary/aromatic N) is 2. The predicted molar refractivity (Wildman–Crippen MR) is 126 cm³/mol. The third kappa shape index (κ3) is 5.18. The summed E-state index contributed by atoms with van der Waals surface area (Å²) in [5, 5.41) is 8.25. The van der Waals surface area contributed by atoms with Gasteiger partial charge in [0, 0.05) is 40.6 Å². The van der Waals surface area contributed by atoms with E-state index in [9.17, 15) is 9.59 Å². The summed E-state index contributed by atoms with van der Waals surface area (Å²) in [5.74, 6) is -0.0545. The van der Waals surface area contributed by atoms with Gasteiger partial charge in [0.25, 0.3) is 5.91 Å². The van der Waals surface area contributed by atoms with Crippen molar-refractivity contribution in [1.82, 2.24) is 14.6 Å². The average Bonchev–Trinajstić information content (AvgIpc) is 3.19. The maximum atomic E-state index is 13.3. The molecule has 2 heterocycles. The SMILES string of the molecule is O=C(c1cc(Cl)cc(Cl)c1)N(CCNc1nsc2ccccc12)C(=O)C1CCCNC1. The van der Waals surface area contributed by atoms with Crippen molar-refractivity contribution in [3.63, 3.8) is 0 Å². The molecule has 31 heavy (non-hydrogen) atoms. The highest BCUT2D eigenvalue weighted by Crippen LogP contribution is 2.26. The highest BCUT2D eigenvalue weighted by atomic mass is 35.5. The Balaban J connectivity index is 1.52. The molecular formula is C22H22Cl2N4O2S. The molecule has 2 aromatic carbocycles. The van der Waals surface area contributed by atoms with Crippen LogP contribution in [0.1, 0.15) is 23.2 Å². The van der Waals surface area contributed by atoms with Gasteiger partial charge in [0.05, 0.1) is 10.6 Å². The van der Waals surface area contributed by atoms with E-state index in [1.807, 2.05) is 24.3 Å². The van der Waals surface area contributed by atoms with Crippen molar-refractivity contribution in [2.75, 3.05) is 31.5 Å². The van der Waals surface area contributed by atoms with Crippen molar-refractivity contribution >= 4 is 62.5 Å². The molecule has 4 rings (SSSR count). The highest BCUT2D eigenvalue weighted by molar-refractivity contribution is 7.13. The van der Waals surface area contributed by atoms with Crippen LogP contribution in [-0.2, 0) is 4.79 Å². The summed E-state index contributed by atoms with van der Waals surface area (Å²) in [4.78, 5) is 27.8. The van der Waals surface area contributed by atoms with E-state index in [4.69, 9.17) is 23.2 Å². The standard InChI is InChI=1S/C22H22Cl2N4O2S/c23-16-10-15(11-17(24)12-16)22(30)28(21(29)14-4-3-7-25-13-14)9-8-26-20-18-5-1-2-6-19(18)31-27-20/h1-2,5-6,10-12,14,25H,3-4,7-9,13H2,(H,26,27). The molecule has 1 aromatic heterocycles. The first-order chi connectivity index (χ1) is 15.0. The molecule has 0 saturated carbocycles. The second-order valence-corrected chi connectivity index (χ2v) is 9.13. The third-order valence-corrected chi connectivity index (χ3v) is 6.54. The molecule has 3 aromatic rings. The Morgan fingerprint density at radius 3 is 2.71 bits per heavy atom. The second-order valence-electron chi connectivity index (χ2n) is 7.45. The number of piperidine rings is 1. The molecule has 1 fully saturated rings. The summed E-state index contributed by atoms with van der Waals surface area (Å²) >= 11 is 13.6. The Hall–Kier alpha value is -2.19. The van der Waals surface area contributed by atoms with E-state index in [-0.39, 0.29) is 18.4 Å². The average molecular weight is 477 g/mol. The number of amides is 2. The van der Waals surface area contributed by atoms with Crippen LogP contribution in [0.2, 0.25) is 10.0 Å². The zero-order valence-electron chi connectivity index (χ0n) is 16.7. The van der Waals surface area contributed by atoms with Crippen molar-refractivity contribution in [2.45, 2.75) is 12.8 Å². The molecule has 1 aliphatic rings. The van der Waals surface area contributed by atoms with Crippen LogP contribution in [0.15, 0.2) is 42.5 Å². The van der Waals surface area contributed by atoms with Crippen molar-refractivity contribution in [3.8, 4) is 0 Å². The number of aromatic nitrogens is 1. The molecule has 2 N–H and O–H groups in total. The quantitative estimate of drug-likeness (QED) is 0.505. The first kappa shape index (κ1) is 22.0. The lowest BCUT2D eigenvalue weighted by Crippen LogP contribution is -2.47. The van der Waals surface area contributed by atoms with E-state index in [0.717, 1.165) is 35.3 Å². The summed E-state index contributed by atoms with van der Waals surface area (Å²) in [7, 11) is 0. The lowest BCUT2D eigenvalue weighted by atomic mass is 9.97. The first-order valence-corrected chi connectivity index (χ1v) is 11.7. The van der Waals surface area contributed by atoms with Crippen molar-refractivity contribution in [2.24, 2.45) is 5.92 Å². The molecule has 0 spiro atoms. The van der Waals surface area contributed by atoms with Crippen molar-refractivity contribution in [1.29, 1.82) is 0 Å². The minimum atomic E-state index is -0.398. The van der Waals surface area contributed by atoms with Gasteiger partial charge in [0.15, 0.2) is 0 Å². The first-order valence-electron chi connectivity index (χ1n) is 10.1. The van der Waals surface area contributed by atoms with Gasteiger partial charge in [-0.1, -0.05) is 35.3 Å². The smallest absolute Gasteiger partial charge is 0.260 e. The van der Waals surface area contributed by atoms with E-state index in [1.54, 1.807) is 6.07 Å². The number of anilines is 1. The number of carbonyl (C=O) groups is 2. The molecule has 162 valence electrons. The Morgan fingerprint density at radius 2 is 1.97 bits per heavy atom. The van der Waals surface area contributed by atoms with Gasteiger partial charge in [0.2, 0.25) is 5.91 Å². The number of nitrogens with one attached hydrogen (secondary N) is 2. The third-order valence-electron chi connectivity index (χ3n) is 5.27. The summed E-state index contributed by atoms with van der Waals surface area (Å²) in [6.45, 7) is 2.06. The maximum absolute atomic E-state index is 13.3. The van der Waals surface area contributed by atoms with Crippen LogP contribution in [0.4, 0.5) is 5.82 Å². The molecule has 2 amide bonds. The predicted octanol–water partition coefficient (Wildman–Crippen LogP) is 4.68.